The van der Waals surface area contributed by atoms with E-state index in [-0.39, 0.29) is 0 Å². The van der Waals surface area contributed by atoms with Gasteiger partial charge in [-0.2, -0.15) is 0 Å². The van der Waals surface area contributed by atoms with Gasteiger partial charge < -0.3 is 14.0 Å². The molecule has 0 unspecified atom stereocenters. The molecule has 4 nitrogen and oxygen atoms in total. The molecule has 1 aromatic heterocycles. The summed E-state index contributed by atoms with van der Waals surface area (Å²) >= 11 is 0. The average Bonchev–Trinajstić information content (AvgIpc) is 2.81. The van der Waals surface area contributed by atoms with E-state index in [1.165, 1.54) is 6.26 Å². The van der Waals surface area contributed by atoms with Gasteiger partial charge in [-0.1, -0.05) is 5.16 Å². The molecule has 0 radical (unpaired) electrons. The lowest BCUT2D eigenvalue weighted by Gasteiger charge is -2.07. The van der Waals surface area contributed by atoms with Crippen LogP contribution < -0.4 is 9.47 Å². The third kappa shape index (κ3) is 1.79. The molecule has 0 saturated heterocycles. The summed E-state index contributed by atoms with van der Waals surface area (Å²) < 4.78 is 15.2. The van der Waals surface area contributed by atoms with E-state index in [4.69, 9.17) is 14.0 Å². The lowest BCUT2D eigenvalue weighted by Crippen LogP contribution is -1.90. The van der Waals surface area contributed by atoms with Gasteiger partial charge in [0.1, 0.15) is 23.5 Å². The van der Waals surface area contributed by atoms with E-state index in [9.17, 15) is 0 Å². The molecule has 0 bridgehead atoms. The molecule has 78 valence electrons. The maximum atomic E-state index is 5.23. The van der Waals surface area contributed by atoms with Gasteiger partial charge in [0.25, 0.3) is 0 Å². The smallest absolute Gasteiger partial charge is 0.128 e. The van der Waals surface area contributed by atoms with Crippen LogP contribution in [0.5, 0.6) is 11.5 Å². The van der Waals surface area contributed by atoms with Crippen molar-refractivity contribution in [1.29, 1.82) is 0 Å². The van der Waals surface area contributed by atoms with Crippen LogP contribution in [0.25, 0.3) is 11.3 Å². The van der Waals surface area contributed by atoms with E-state index in [1.54, 1.807) is 20.3 Å². The first-order valence-corrected chi connectivity index (χ1v) is 4.48. The highest BCUT2D eigenvalue weighted by atomic mass is 16.5. The van der Waals surface area contributed by atoms with E-state index in [1.807, 2.05) is 18.2 Å². The van der Waals surface area contributed by atoms with Crippen LogP contribution in [0.15, 0.2) is 35.1 Å². The fraction of sp³-hybridized carbons (Fsp3) is 0.182. The first-order chi connectivity index (χ1) is 7.35. The Hall–Kier alpha value is -1.97. The van der Waals surface area contributed by atoms with Crippen LogP contribution in [-0.2, 0) is 0 Å². The minimum absolute atomic E-state index is 0.728. The van der Waals surface area contributed by atoms with Crippen molar-refractivity contribution < 1.29 is 14.0 Å². The molecule has 4 heteroatoms. The second-order valence-electron chi connectivity index (χ2n) is 2.95. The summed E-state index contributed by atoms with van der Waals surface area (Å²) in [5, 5.41) is 3.86. The van der Waals surface area contributed by atoms with Gasteiger partial charge in [0, 0.05) is 11.6 Å². The zero-order chi connectivity index (χ0) is 10.7. The van der Waals surface area contributed by atoms with Gasteiger partial charge in [0.05, 0.1) is 14.2 Å². The molecule has 0 aliphatic carbocycles. The average molecular weight is 205 g/mol. The standard InChI is InChI=1S/C11H11NO3/c1-13-8-3-4-11(14-2)9(7-8)10-5-6-15-12-10/h3-7H,1-2H3. The molecule has 2 rings (SSSR count). The topological polar surface area (TPSA) is 44.5 Å². The number of nitrogens with zero attached hydrogens (tertiary/aromatic N) is 1. The molecule has 0 atom stereocenters. The van der Waals surface area contributed by atoms with Crippen molar-refractivity contribution in [2.45, 2.75) is 0 Å². The van der Waals surface area contributed by atoms with E-state index in [0.717, 1.165) is 22.8 Å². The summed E-state index contributed by atoms with van der Waals surface area (Å²) in [5.74, 6) is 1.50. The van der Waals surface area contributed by atoms with Crippen molar-refractivity contribution in [3.05, 3.63) is 30.5 Å². The van der Waals surface area contributed by atoms with Gasteiger partial charge >= 0.3 is 0 Å². The van der Waals surface area contributed by atoms with Crippen molar-refractivity contribution in [1.82, 2.24) is 5.16 Å². The summed E-state index contributed by atoms with van der Waals surface area (Å²) in [4.78, 5) is 0. The quantitative estimate of drug-likeness (QED) is 0.771. The van der Waals surface area contributed by atoms with Crippen molar-refractivity contribution in [2.24, 2.45) is 0 Å². The molecule has 2 aromatic rings. The van der Waals surface area contributed by atoms with Gasteiger partial charge in [-0.05, 0) is 18.2 Å². The highest BCUT2D eigenvalue weighted by Gasteiger charge is 2.09. The first-order valence-electron chi connectivity index (χ1n) is 4.48. The molecule has 0 amide bonds. The van der Waals surface area contributed by atoms with Crippen LogP contribution in [-0.4, -0.2) is 19.4 Å². The molecule has 0 N–H and O–H groups in total. The van der Waals surface area contributed by atoms with Gasteiger partial charge in [-0.25, -0.2) is 0 Å². The maximum absolute atomic E-state index is 5.23. The largest absolute Gasteiger partial charge is 0.497 e. The number of aromatic nitrogens is 1. The molecule has 15 heavy (non-hydrogen) atoms. The minimum atomic E-state index is 0.728. The number of hydrogen-bond donors (Lipinski definition) is 0. The summed E-state index contributed by atoms with van der Waals surface area (Å²) in [6.07, 6.45) is 1.52. The first kappa shape index (κ1) is 9.58. The van der Waals surface area contributed by atoms with E-state index < -0.39 is 0 Å². The second-order valence-corrected chi connectivity index (χ2v) is 2.95. The molecular formula is C11H11NO3. The Balaban J connectivity index is 2.52. The van der Waals surface area contributed by atoms with Gasteiger partial charge in [-0.15, -0.1) is 0 Å². The summed E-state index contributed by atoms with van der Waals surface area (Å²) in [7, 11) is 3.24. The molecule has 0 spiro atoms. The summed E-state index contributed by atoms with van der Waals surface area (Å²) in [5.41, 5.74) is 1.58. The van der Waals surface area contributed by atoms with Crippen LogP contribution >= 0.6 is 0 Å². The predicted molar refractivity (Wildman–Crippen MR) is 55.0 cm³/mol. The zero-order valence-electron chi connectivity index (χ0n) is 8.56. The maximum Gasteiger partial charge on any atom is 0.128 e. The molecule has 1 aromatic carbocycles. The highest BCUT2D eigenvalue weighted by Crippen LogP contribution is 2.32. The van der Waals surface area contributed by atoms with E-state index in [2.05, 4.69) is 5.16 Å². The third-order valence-electron chi connectivity index (χ3n) is 2.12. The zero-order valence-corrected chi connectivity index (χ0v) is 8.56. The SMILES string of the molecule is COc1ccc(OC)c(-c2ccon2)c1. The lowest BCUT2D eigenvalue weighted by atomic mass is 10.1. The van der Waals surface area contributed by atoms with Crippen LogP contribution in [0.4, 0.5) is 0 Å². The van der Waals surface area contributed by atoms with Crippen LogP contribution in [0, 0.1) is 0 Å². The second kappa shape index (κ2) is 4.04. The summed E-state index contributed by atoms with van der Waals surface area (Å²) in [6, 6.07) is 7.30. The van der Waals surface area contributed by atoms with E-state index in [0.29, 0.717) is 0 Å². The van der Waals surface area contributed by atoms with Crippen molar-refractivity contribution in [3.63, 3.8) is 0 Å². The normalized spacial score (nSPS) is 10.0. The Kier molecular flexibility index (Phi) is 2.58. The van der Waals surface area contributed by atoms with Gasteiger partial charge in [0.15, 0.2) is 0 Å². The Bertz CT molecular complexity index is 437. The number of hydrogen-bond acceptors (Lipinski definition) is 4. The van der Waals surface area contributed by atoms with Crippen LogP contribution in [0.3, 0.4) is 0 Å². The van der Waals surface area contributed by atoms with Gasteiger partial charge in [-0.3, -0.25) is 0 Å². The lowest BCUT2D eigenvalue weighted by molar-refractivity contribution is 0.402. The number of benzene rings is 1. The summed E-state index contributed by atoms with van der Waals surface area (Å²) in [6.45, 7) is 0. The highest BCUT2D eigenvalue weighted by molar-refractivity contribution is 5.68. The minimum Gasteiger partial charge on any atom is -0.497 e. The van der Waals surface area contributed by atoms with Gasteiger partial charge in [0.2, 0.25) is 0 Å². The van der Waals surface area contributed by atoms with Crippen LogP contribution in [0.1, 0.15) is 0 Å². The fourth-order valence-electron chi connectivity index (χ4n) is 1.37. The van der Waals surface area contributed by atoms with Crippen molar-refractivity contribution in [3.8, 4) is 22.8 Å². The Morgan fingerprint density at radius 2 is 2.00 bits per heavy atom. The Labute approximate surface area is 87.4 Å². The Morgan fingerprint density at radius 1 is 1.13 bits per heavy atom. The van der Waals surface area contributed by atoms with Crippen LogP contribution in [0.2, 0.25) is 0 Å². The van der Waals surface area contributed by atoms with Crippen molar-refractivity contribution in [2.75, 3.05) is 14.2 Å². The monoisotopic (exact) mass is 205 g/mol. The molecule has 1 heterocycles. The number of rotatable bonds is 3. The number of methoxy groups -OCH3 is 2. The molecule has 0 saturated carbocycles. The van der Waals surface area contributed by atoms with Crippen molar-refractivity contribution >= 4 is 0 Å². The molecule has 0 aliphatic rings. The third-order valence-corrected chi connectivity index (χ3v) is 2.12. The van der Waals surface area contributed by atoms with E-state index >= 15 is 0 Å². The molecule has 0 fully saturated rings. The number of ether oxygens (including phenoxy) is 2. The Morgan fingerprint density at radius 3 is 2.60 bits per heavy atom. The molecule has 0 aliphatic heterocycles. The predicted octanol–water partition coefficient (Wildman–Crippen LogP) is 2.36. The fourth-order valence-corrected chi connectivity index (χ4v) is 1.37. The molecular weight excluding hydrogens is 194 g/mol.